The molecule has 5 nitrogen and oxygen atoms in total. The van der Waals surface area contributed by atoms with Crippen LogP contribution >= 0.6 is 23.4 Å². The second kappa shape index (κ2) is 9.84. The zero-order chi connectivity index (χ0) is 25.4. The lowest BCUT2D eigenvalue weighted by Crippen LogP contribution is -2.49. The summed E-state index contributed by atoms with van der Waals surface area (Å²) in [5.74, 6) is 0.402. The normalized spacial score (nSPS) is 12.5. The molecule has 0 fully saturated rings. The third-order valence-corrected chi connectivity index (χ3v) is 7.38. The van der Waals surface area contributed by atoms with Gasteiger partial charge in [0.15, 0.2) is 0 Å². The first-order chi connectivity index (χ1) is 15.7. The van der Waals surface area contributed by atoms with E-state index in [1.165, 1.54) is 15.8 Å². The summed E-state index contributed by atoms with van der Waals surface area (Å²) >= 11 is 7.94. The number of thioether (sulfide) groups is 1. The predicted octanol–water partition coefficient (Wildman–Crippen LogP) is 7.45. The number of hydrogen-bond donors (Lipinski definition) is 2. The molecule has 1 heterocycles. The van der Waals surface area contributed by atoms with Crippen LogP contribution in [0.25, 0.3) is 10.9 Å². The highest BCUT2D eigenvalue weighted by Crippen LogP contribution is 2.43. The summed E-state index contributed by atoms with van der Waals surface area (Å²) in [6.07, 6.45) is 0.435. The van der Waals surface area contributed by atoms with Crippen molar-refractivity contribution in [2.75, 3.05) is 0 Å². The minimum absolute atomic E-state index is 0.0330. The number of carbonyl (C=O) groups excluding carboxylic acids is 1. The molecule has 0 radical (unpaired) electrons. The van der Waals surface area contributed by atoms with Crippen LogP contribution in [0.1, 0.15) is 71.2 Å². The number of halogens is 1. The minimum atomic E-state index is -0.897. The van der Waals surface area contributed by atoms with Crippen molar-refractivity contribution in [1.29, 1.82) is 0 Å². The molecule has 0 saturated heterocycles. The zero-order valence-corrected chi connectivity index (χ0v) is 22.7. The Kier molecular flexibility index (Phi) is 7.66. The van der Waals surface area contributed by atoms with Crippen molar-refractivity contribution in [1.82, 2.24) is 9.63 Å². The molecule has 0 aliphatic rings. The molecule has 0 aliphatic heterocycles. The van der Waals surface area contributed by atoms with Gasteiger partial charge in [0.1, 0.15) is 0 Å². The fourth-order valence-corrected chi connectivity index (χ4v) is 5.40. The average molecular weight is 502 g/mol. The molecule has 0 unspecified atom stereocenters. The highest BCUT2D eigenvalue weighted by molar-refractivity contribution is 8.00. The van der Waals surface area contributed by atoms with Gasteiger partial charge in [0.05, 0.1) is 5.54 Å². The molecule has 2 aromatic carbocycles. The van der Waals surface area contributed by atoms with Crippen LogP contribution in [-0.2, 0) is 13.0 Å². The fourth-order valence-electron chi connectivity index (χ4n) is 4.09. The molecule has 3 N–H and O–H groups in total. The van der Waals surface area contributed by atoms with Crippen molar-refractivity contribution >= 4 is 40.3 Å². The average Bonchev–Trinajstić information content (AvgIpc) is 2.99. The molecule has 3 rings (SSSR count). The van der Waals surface area contributed by atoms with Crippen molar-refractivity contribution in [2.24, 2.45) is 5.73 Å². The number of carbonyl (C=O) groups is 1. The van der Waals surface area contributed by atoms with Gasteiger partial charge < -0.3 is 10.3 Å². The molecule has 0 saturated carbocycles. The summed E-state index contributed by atoms with van der Waals surface area (Å²) in [5, 5.41) is 13.0. The molecule has 34 heavy (non-hydrogen) atoms. The Bertz CT molecular complexity index is 1180. The predicted molar refractivity (Wildman–Crippen MR) is 143 cm³/mol. The Labute approximate surface area is 212 Å². The number of aromatic nitrogens is 1. The van der Waals surface area contributed by atoms with Crippen LogP contribution in [0, 0.1) is 0 Å². The van der Waals surface area contributed by atoms with E-state index in [1.807, 2.05) is 49.9 Å². The summed E-state index contributed by atoms with van der Waals surface area (Å²) in [6.45, 7) is 15.3. The zero-order valence-electron chi connectivity index (χ0n) is 21.1. The number of urea groups is 1. The molecule has 0 spiro atoms. The summed E-state index contributed by atoms with van der Waals surface area (Å²) in [5.41, 5.74) is 9.12. The number of rotatable bonds is 7. The van der Waals surface area contributed by atoms with E-state index >= 15 is 0 Å². The van der Waals surface area contributed by atoms with Gasteiger partial charge in [0.2, 0.25) is 0 Å². The van der Waals surface area contributed by atoms with Gasteiger partial charge in [-0.1, -0.05) is 64.4 Å². The molecule has 0 bridgehead atoms. The highest BCUT2D eigenvalue weighted by Gasteiger charge is 2.33. The Morgan fingerprint density at radius 2 is 1.74 bits per heavy atom. The number of hydrogen-bond acceptors (Lipinski definition) is 3. The van der Waals surface area contributed by atoms with Gasteiger partial charge in [-0.15, -0.1) is 11.8 Å². The van der Waals surface area contributed by atoms with E-state index < -0.39 is 11.6 Å². The lowest BCUT2D eigenvalue weighted by Gasteiger charge is -2.33. The molecule has 2 amide bonds. The lowest BCUT2D eigenvalue weighted by atomic mass is 9.97. The Morgan fingerprint density at radius 3 is 2.26 bits per heavy atom. The molecule has 0 aliphatic carbocycles. The van der Waals surface area contributed by atoms with E-state index in [0.29, 0.717) is 29.0 Å². The van der Waals surface area contributed by atoms with Gasteiger partial charge in [-0.25, -0.2) is 9.86 Å². The Hall–Kier alpha value is -2.15. The second-order valence-corrected chi connectivity index (χ2v) is 13.0. The monoisotopic (exact) mass is 501 g/mol. The summed E-state index contributed by atoms with van der Waals surface area (Å²) in [7, 11) is 0. The van der Waals surface area contributed by atoms with Crippen molar-refractivity contribution in [3.8, 4) is 0 Å². The van der Waals surface area contributed by atoms with Crippen LogP contribution in [0.4, 0.5) is 4.79 Å². The van der Waals surface area contributed by atoms with Crippen LogP contribution in [-0.4, -0.2) is 31.2 Å². The summed E-state index contributed by atoms with van der Waals surface area (Å²) in [4.78, 5) is 13.0. The van der Waals surface area contributed by atoms with E-state index in [4.69, 9.17) is 17.3 Å². The molecular weight excluding hydrogens is 466 g/mol. The van der Waals surface area contributed by atoms with Gasteiger partial charge in [-0.05, 0) is 55.2 Å². The van der Waals surface area contributed by atoms with Crippen molar-refractivity contribution < 1.29 is 10.0 Å². The van der Waals surface area contributed by atoms with Gasteiger partial charge in [-0.2, -0.15) is 0 Å². The van der Waals surface area contributed by atoms with Crippen LogP contribution in [0.3, 0.4) is 0 Å². The van der Waals surface area contributed by atoms with E-state index in [-0.39, 0.29) is 4.75 Å². The first kappa shape index (κ1) is 26.5. The smallest absolute Gasteiger partial charge is 0.339 e. The maximum Gasteiger partial charge on any atom is 0.339 e. The summed E-state index contributed by atoms with van der Waals surface area (Å²) < 4.78 is 2.27. The van der Waals surface area contributed by atoms with E-state index in [9.17, 15) is 10.0 Å². The minimum Gasteiger partial charge on any atom is -0.350 e. The third-order valence-electron chi connectivity index (χ3n) is 5.85. The SMILES string of the molecule is CC(C)c1ccc2c(c1)c(SC(C)(C)C)c(CC(C)(C)N(O)C(N)=O)n2Cc1ccc(Cl)cc1. The lowest BCUT2D eigenvalue weighted by molar-refractivity contribution is -0.111. The molecule has 7 heteroatoms. The molecular formula is C27H36ClN3O2S. The molecule has 1 aromatic heterocycles. The molecule has 184 valence electrons. The number of nitrogens with two attached hydrogens (primary N) is 1. The maximum absolute atomic E-state index is 11.8. The van der Waals surface area contributed by atoms with Gasteiger partial charge in [-0.3, -0.25) is 5.21 Å². The third kappa shape index (κ3) is 5.91. The van der Waals surface area contributed by atoms with Gasteiger partial charge in [0, 0.05) is 44.2 Å². The second-order valence-electron chi connectivity index (χ2n) is 10.8. The van der Waals surface area contributed by atoms with Crippen LogP contribution < -0.4 is 5.73 Å². The van der Waals surface area contributed by atoms with Gasteiger partial charge in [0.25, 0.3) is 0 Å². The largest absolute Gasteiger partial charge is 0.350 e. The topological polar surface area (TPSA) is 71.5 Å². The Balaban J connectivity index is 2.29. The number of nitrogens with zero attached hydrogens (tertiary/aromatic N) is 2. The highest BCUT2D eigenvalue weighted by atomic mass is 35.5. The van der Waals surface area contributed by atoms with E-state index in [2.05, 4.69) is 57.4 Å². The number of amides is 2. The van der Waals surface area contributed by atoms with Crippen LogP contribution in [0.2, 0.25) is 5.02 Å². The number of hydroxylamine groups is 2. The molecule has 3 aromatic rings. The quantitative estimate of drug-likeness (QED) is 0.200. The maximum atomic E-state index is 11.8. The van der Waals surface area contributed by atoms with Crippen LogP contribution in [0.15, 0.2) is 47.4 Å². The number of fused-ring (bicyclic) bond motifs is 1. The van der Waals surface area contributed by atoms with Crippen molar-refractivity contribution in [3.05, 3.63) is 64.3 Å². The standard InChI is InChI=1S/C27H36ClN3O2S/c1-17(2)19-10-13-22-21(14-19)24(34-26(3,4)5)23(15-27(6,7)31(33)25(29)32)30(22)16-18-8-11-20(28)12-9-18/h8-14,17,33H,15-16H2,1-7H3,(H2,29,32). The van der Waals surface area contributed by atoms with E-state index in [1.54, 1.807) is 0 Å². The first-order valence-electron chi connectivity index (χ1n) is 11.6. The Morgan fingerprint density at radius 1 is 1.12 bits per heavy atom. The van der Waals surface area contributed by atoms with Crippen LogP contribution in [0.5, 0.6) is 0 Å². The van der Waals surface area contributed by atoms with Crippen molar-refractivity contribution in [3.63, 3.8) is 0 Å². The van der Waals surface area contributed by atoms with Gasteiger partial charge >= 0.3 is 6.03 Å². The molecule has 0 atom stereocenters. The summed E-state index contributed by atoms with van der Waals surface area (Å²) in [6, 6.07) is 13.7. The van der Waals surface area contributed by atoms with E-state index in [0.717, 1.165) is 16.8 Å². The number of primary amides is 1. The number of benzene rings is 2. The fraction of sp³-hybridized carbons (Fsp3) is 0.444. The van der Waals surface area contributed by atoms with Crippen molar-refractivity contribution in [2.45, 2.75) is 82.5 Å². The first-order valence-corrected chi connectivity index (χ1v) is 12.8.